The lowest BCUT2D eigenvalue weighted by Gasteiger charge is -2.14. The van der Waals surface area contributed by atoms with Crippen LogP contribution >= 0.6 is 0 Å². The molecule has 0 radical (unpaired) electrons. The number of aliphatic hydroxyl groups excluding tert-OH is 1. The molecule has 15 heavy (non-hydrogen) atoms. The molecule has 1 aromatic rings. The number of ether oxygens (including phenoxy) is 1. The van der Waals surface area contributed by atoms with E-state index in [1.54, 1.807) is 7.11 Å². The Balaban J connectivity index is 2.38. The van der Waals surface area contributed by atoms with Crippen molar-refractivity contribution < 1.29 is 9.84 Å². The van der Waals surface area contributed by atoms with E-state index in [1.165, 1.54) is 16.7 Å². The second-order valence-electron chi connectivity index (χ2n) is 4.30. The number of methoxy groups -OCH3 is 1. The molecule has 0 spiro atoms. The van der Waals surface area contributed by atoms with Gasteiger partial charge in [0.15, 0.2) is 0 Å². The molecular formula is C13H18O2. The molecule has 2 nitrogen and oxygen atoms in total. The molecule has 0 bridgehead atoms. The van der Waals surface area contributed by atoms with E-state index in [0.717, 1.165) is 12.8 Å². The molecule has 2 heteroatoms. The van der Waals surface area contributed by atoms with E-state index in [-0.39, 0.29) is 12.7 Å². The SMILES string of the molecule is COC1c2cccc(CCO)c2CC1C. The normalized spacial score (nSPS) is 24.2. The highest BCUT2D eigenvalue weighted by atomic mass is 16.5. The van der Waals surface area contributed by atoms with E-state index < -0.39 is 0 Å². The maximum atomic E-state index is 9.01. The summed E-state index contributed by atoms with van der Waals surface area (Å²) in [6, 6.07) is 6.32. The summed E-state index contributed by atoms with van der Waals surface area (Å²) in [5, 5.41) is 9.01. The van der Waals surface area contributed by atoms with Gasteiger partial charge in [-0.3, -0.25) is 0 Å². The van der Waals surface area contributed by atoms with Gasteiger partial charge in [0.2, 0.25) is 0 Å². The summed E-state index contributed by atoms with van der Waals surface area (Å²) in [7, 11) is 1.77. The van der Waals surface area contributed by atoms with E-state index in [4.69, 9.17) is 9.84 Å². The highest BCUT2D eigenvalue weighted by Crippen LogP contribution is 2.39. The van der Waals surface area contributed by atoms with Crippen LogP contribution in [-0.4, -0.2) is 18.8 Å². The minimum absolute atomic E-state index is 0.225. The lowest BCUT2D eigenvalue weighted by Crippen LogP contribution is -2.05. The molecule has 0 amide bonds. The third-order valence-electron chi connectivity index (χ3n) is 3.29. The van der Waals surface area contributed by atoms with Crippen LogP contribution in [0.3, 0.4) is 0 Å². The monoisotopic (exact) mass is 206 g/mol. The summed E-state index contributed by atoms with van der Waals surface area (Å²) in [5.74, 6) is 0.546. The van der Waals surface area contributed by atoms with Crippen LogP contribution in [-0.2, 0) is 17.6 Å². The van der Waals surface area contributed by atoms with Crippen LogP contribution < -0.4 is 0 Å². The molecule has 1 aromatic carbocycles. The molecule has 0 fully saturated rings. The molecule has 2 atom stereocenters. The van der Waals surface area contributed by atoms with E-state index in [0.29, 0.717) is 5.92 Å². The van der Waals surface area contributed by atoms with Gasteiger partial charge in [0, 0.05) is 13.7 Å². The lowest BCUT2D eigenvalue weighted by atomic mass is 10.0. The Labute approximate surface area is 90.9 Å². The van der Waals surface area contributed by atoms with Crippen LogP contribution in [0.5, 0.6) is 0 Å². The summed E-state index contributed by atoms with van der Waals surface area (Å²) in [6.07, 6.45) is 2.06. The Morgan fingerprint density at radius 3 is 2.93 bits per heavy atom. The molecule has 2 unspecified atom stereocenters. The van der Waals surface area contributed by atoms with Crippen molar-refractivity contribution >= 4 is 0 Å². The second kappa shape index (κ2) is 4.33. The molecule has 0 heterocycles. The zero-order valence-corrected chi connectivity index (χ0v) is 9.36. The predicted octanol–water partition coefficient (Wildman–Crippen LogP) is 2.10. The Bertz CT molecular complexity index is 346. The summed E-state index contributed by atoms with van der Waals surface area (Å²) in [5.41, 5.74) is 3.99. The largest absolute Gasteiger partial charge is 0.396 e. The molecule has 2 rings (SSSR count). The van der Waals surface area contributed by atoms with Crippen molar-refractivity contribution in [1.82, 2.24) is 0 Å². The van der Waals surface area contributed by atoms with Crippen molar-refractivity contribution in [2.24, 2.45) is 5.92 Å². The Hall–Kier alpha value is -0.860. The molecule has 1 N–H and O–H groups in total. The highest BCUT2D eigenvalue weighted by molar-refractivity contribution is 5.41. The standard InChI is InChI=1S/C13H18O2/c1-9-8-12-10(6-7-14)4-3-5-11(12)13(9)15-2/h3-5,9,13-14H,6-8H2,1-2H3. The molecular weight excluding hydrogens is 188 g/mol. The van der Waals surface area contributed by atoms with Crippen LogP contribution in [0.4, 0.5) is 0 Å². The average Bonchev–Trinajstić information content (AvgIpc) is 2.55. The van der Waals surface area contributed by atoms with Crippen LogP contribution in [0.25, 0.3) is 0 Å². The zero-order chi connectivity index (χ0) is 10.8. The summed E-state index contributed by atoms with van der Waals surface area (Å²) in [4.78, 5) is 0. The zero-order valence-electron chi connectivity index (χ0n) is 9.36. The second-order valence-corrected chi connectivity index (χ2v) is 4.30. The molecule has 1 aliphatic rings. The maximum absolute atomic E-state index is 9.01. The van der Waals surface area contributed by atoms with Gasteiger partial charge in [-0.25, -0.2) is 0 Å². The van der Waals surface area contributed by atoms with Gasteiger partial charge < -0.3 is 9.84 Å². The number of hydrogen-bond donors (Lipinski definition) is 1. The average molecular weight is 206 g/mol. The van der Waals surface area contributed by atoms with Crippen LogP contribution in [0.2, 0.25) is 0 Å². The minimum atomic E-state index is 0.225. The molecule has 0 saturated heterocycles. The molecule has 0 aromatic heterocycles. The van der Waals surface area contributed by atoms with Crippen LogP contribution in [0, 0.1) is 5.92 Å². The summed E-state index contributed by atoms with van der Waals surface area (Å²) >= 11 is 0. The quantitative estimate of drug-likeness (QED) is 0.820. The van der Waals surface area contributed by atoms with Crippen molar-refractivity contribution in [2.45, 2.75) is 25.9 Å². The Morgan fingerprint density at radius 2 is 2.27 bits per heavy atom. The van der Waals surface area contributed by atoms with Crippen LogP contribution in [0.15, 0.2) is 18.2 Å². The topological polar surface area (TPSA) is 29.5 Å². The van der Waals surface area contributed by atoms with Gasteiger partial charge in [-0.1, -0.05) is 25.1 Å². The minimum Gasteiger partial charge on any atom is -0.396 e. The van der Waals surface area contributed by atoms with Gasteiger partial charge in [-0.15, -0.1) is 0 Å². The van der Waals surface area contributed by atoms with Gasteiger partial charge in [0.25, 0.3) is 0 Å². The van der Waals surface area contributed by atoms with Crippen molar-refractivity contribution in [3.05, 3.63) is 34.9 Å². The first-order chi connectivity index (χ1) is 7.27. The number of benzene rings is 1. The number of aliphatic hydroxyl groups is 1. The first-order valence-electron chi connectivity index (χ1n) is 5.52. The van der Waals surface area contributed by atoms with E-state index in [9.17, 15) is 0 Å². The molecule has 82 valence electrons. The molecule has 0 aliphatic heterocycles. The third kappa shape index (κ3) is 1.80. The first-order valence-corrected chi connectivity index (χ1v) is 5.52. The molecule has 0 saturated carbocycles. The maximum Gasteiger partial charge on any atom is 0.0852 e. The van der Waals surface area contributed by atoms with E-state index >= 15 is 0 Å². The van der Waals surface area contributed by atoms with Gasteiger partial charge in [0.05, 0.1) is 6.10 Å². The van der Waals surface area contributed by atoms with Crippen molar-refractivity contribution in [2.75, 3.05) is 13.7 Å². The molecule has 1 aliphatic carbocycles. The van der Waals surface area contributed by atoms with Crippen molar-refractivity contribution in [3.8, 4) is 0 Å². The summed E-state index contributed by atoms with van der Waals surface area (Å²) < 4.78 is 5.52. The fraction of sp³-hybridized carbons (Fsp3) is 0.538. The number of fused-ring (bicyclic) bond motifs is 1. The van der Waals surface area contributed by atoms with Gasteiger partial charge >= 0.3 is 0 Å². The third-order valence-corrected chi connectivity index (χ3v) is 3.29. The number of hydrogen-bond acceptors (Lipinski definition) is 2. The highest BCUT2D eigenvalue weighted by Gasteiger charge is 2.30. The van der Waals surface area contributed by atoms with Gasteiger partial charge in [-0.2, -0.15) is 0 Å². The smallest absolute Gasteiger partial charge is 0.0852 e. The predicted molar refractivity (Wildman–Crippen MR) is 59.8 cm³/mol. The van der Waals surface area contributed by atoms with E-state index in [2.05, 4.69) is 25.1 Å². The van der Waals surface area contributed by atoms with Gasteiger partial charge in [-0.05, 0) is 35.4 Å². The van der Waals surface area contributed by atoms with Crippen molar-refractivity contribution in [1.29, 1.82) is 0 Å². The van der Waals surface area contributed by atoms with E-state index in [1.807, 2.05) is 0 Å². The number of rotatable bonds is 3. The fourth-order valence-electron chi connectivity index (χ4n) is 2.62. The lowest BCUT2D eigenvalue weighted by molar-refractivity contribution is 0.0695. The Morgan fingerprint density at radius 1 is 1.47 bits per heavy atom. The van der Waals surface area contributed by atoms with Gasteiger partial charge in [0.1, 0.15) is 0 Å². The fourth-order valence-corrected chi connectivity index (χ4v) is 2.62. The first kappa shape index (κ1) is 10.7. The Kier molecular flexibility index (Phi) is 3.08. The van der Waals surface area contributed by atoms with Crippen LogP contribution in [0.1, 0.15) is 29.7 Å². The summed E-state index contributed by atoms with van der Waals surface area (Å²) in [6.45, 7) is 2.44. The van der Waals surface area contributed by atoms with Crippen molar-refractivity contribution in [3.63, 3.8) is 0 Å².